The molecule has 29 heavy (non-hydrogen) atoms. The number of anilines is 1. The second-order valence-electron chi connectivity index (χ2n) is 6.79. The summed E-state index contributed by atoms with van der Waals surface area (Å²) in [6.45, 7) is 2.66. The van der Waals surface area contributed by atoms with E-state index in [-0.39, 0.29) is 0 Å². The molecule has 0 aliphatic carbocycles. The average Bonchev–Trinajstić information content (AvgIpc) is 3.26. The number of aromatic nitrogens is 4. The van der Waals surface area contributed by atoms with Gasteiger partial charge >= 0.3 is 0 Å². The highest BCUT2D eigenvalue weighted by molar-refractivity contribution is 7.73. The molecule has 150 valence electrons. The van der Waals surface area contributed by atoms with E-state index < -0.39 is 10.9 Å². The van der Waals surface area contributed by atoms with Crippen LogP contribution in [0.1, 0.15) is 11.1 Å². The zero-order chi connectivity index (χ0) is 20.5. The molecule has 0 saturated carbocycles. The Kier molecular flexibility index (Phi) is 4.98. The van der Waals surface area contributed by atoms with Crippen molar-refractivity contribution in [2.24, 2.45) is 7.05 Å². The van der Waals surface area contributed by atoms with Crippen molar-refractivity contribution in [3.63, 3.8) is 0 Å². The summed E-state index contributed by atoms with van der Waals surface area (Å²) in [5.41, 5.74) is 5.32. The smallest absolute Gasteiger partial charge is 0.224 e. The Morgan fingerprint density at radius 3 is 2.55 bits per heavy atom. The fourth-order valence-electron chi connectivity index (χ4n) is 3.49. The van der Waals surface area contributed by atoms with E-state index in [1.54, 1.807) is 23.9 Å². The number of nitrogens with zero attached hydrogens (tertiary/aromatic N) is 4. The monoisotopic (exact) mass is 411 g/mol. The van der Waals surface area contributed by atoms with Gasteiger partial charge in [-0.25, -0.2) is 13.4 Å². The zero-order valence-electron chi connectivity index (χ0n) is 16.3. The first kappa shape index (κ1) is 19.0. The third-order valence-corrected chi connectivity index (χ3v) is 5.21. The molecular formula is C20H21N5O3S. The van der Waals surface area contributed by atoms with E-state index >= 15 is 0 Å². The van der Waals surface area contributed by atoms with Crippen molar-refractivity contribution in [2.75, 3.05) is 11.8 Å². The minimum absolute atomic E-state index is 0.523. The van der Waals surface area contributed by atoms with Gasteiger partial charge in [-0.3, -0.25) is 9.40 Å². The molecule has 0 amide bonds. The molecule has 0 radical (unpaired) electrons. The van der Waals surface area contributed by atoms with Crippen LogP contribution in [0.25, 0.3) is 22.2 Å². The van der Waals surface area contributed by atoms with Gasteiger partial charge in [-0.15, -0.1) is 0 Å². The molecule has 0 atom stereocenters. The van der Waals surface area contributed by atoms with Gasteiger partial charge in [0.15, 0.2) is 0 Å². The summed E-state index contributed by atoms with van der Waals surface area (Å²) in [7, 11) is 0.805. The molecule has 1 N–H and O–H groups in total. The van der Waals surface area contributed by atoms with Crippen molar-refractivity contribution in [1.29, 1.82) is 0 Å². The number of aryl methyl sites for hydroxylation is 2. The minimum atomic E-state index is -2.67. The number of rotatable bonds is 6. The zero-order valence-corrected chi connectivity index (χ0v) is 17.2. The quantitative estimate of drug-likeness (QED) is 0.476. The molecule has 3 aromatic heterocycles. The van der Waals surface area contributed by atoms with Crippen molar-refractivity contribution in [2.45, 2.75) is 13.5 Å². The highest BCUT2D eigenvalue weighted by atomic mass is 32.2. The van der Waals surface area contributed by atoms with Crippen LogP contribution >= 0.6 is 0 Å². The molecule has 0 fully saturated rings. The first-order chi connectivity index (χ1) is 14.0. The van der Waals surface area contributed by atoms with Crippen LogP contribution in [0, 0.1) is 6.92 Å². The Labute approximate surface area is 169 Å². The fourth-order valence-corrected chi connectivity index (χ4v) is 3.85. The van der Waals surface area contributed by atoms with Gasteiger partial charge in [-0.2, -0.15) is 5.10 Å². The Bertz CT molecular complexity index is 1250. The first-order valence-electron chi connectivity index (χ1n) is 8.98. The maximum absolute atomic E-state index is 10.8. The van der Waals surface area contributed by atoms with Gasteiger partial charge in [0.1, 0.15) is 0 Å². The van der Waals surface area contributed by atoms with Crippen LogP contribution in [0.3, 0.4) is 0 Å². The number of thiol groups is 1. The standard InChI is InChI=1S/C20H21N5O3S/c1-13-11-25(12-14-4-6-15(7-5-14)23-29(26)27)19-16(13)10-21-20(28-3)18(19)17-8-9-24(2)22-17/h4-11,29H,12H2,1-3H3,(H,23,26,27). The van der Waals surface area contributed by atoms with Gasteiger partial charge in [0.2, 0.25) is 16.8 Å². The van der Waals surface area contributed by atoms with Crippen LogP contribution < -0.4 is 9.46 Å². The summed E-state index contributed by atoms with van der Waals surface area (Å²) in [4.78, 5) is 4.48. The van der Waals surface area contributed by atoms with Crippen LogP contribution in [0.15, 0.2) is 48.9 Å². The molecule has 4 rings (SSSR count). The molecule has 0 spiro atoms. The number of hydrogen-bond acceptors (Lipinski definition) is 5. The van der Waals surface area contributed by atoms with E-state index in [2.05, 4.69) is 25.6 Å². The van der Waals surface area contributed by atoms with Gasteiger partial charge in [0.25, 0.3) is 0 Å². The summed E-state index contributed by atoms with van der Waals surface area (Å²) in [6, 6.07) is 9.25. The molecule has 0 unspecified atom stereocenters. The van der Waals surface area contributed by atoms with Gasteiger partial charge in [-0.05, 0) is 36.2 Å². The maximum atomic E-state index is 10.8. The molecule has 0 saturated heterocycles. The predicted molar refractivity (Wildman–Crippen MR) is 113 cm³/mol. The van der Waals surface area contributed by atoms with Crippen molar-refractivity contribution in [3.8, 4) is 17.1 Å². The van der Waals surface area contributed by atoms with Crippen LogP contribution in [0.2, 0.25) is 0 Å². The highest BCUT2D eigenvalue weighted by Gasteiger charge is 2.19. The lowest BCUT2D eigenvalue weighted by molar-refractivity contribution is 0.400. The number of benzene rings is 1. The Morgan fingerprint density at radius 1 is 1.17 bits per heavy atom. The van der Waals surface area contributed by atoms with Crippen molar-refractivity contribution in [1.82, 2.24) is 19.3 Å². The number of fused-ring (bicyclic) bond motifs is 1. The maximum Gasteiger partial charge on any atom is 0.224 e. The van der Waals surface area contributed by atoms with E-state index in [1.807, 2.05) is 44.6 Å². The number of pyridine rings is 1. The van der Waals surface area contributed by atoms with Gasteiger partial charge in [0.05, 0.1) is 23.9 Å². The third-order valence-electron chi connectivity index (χ3n) is 4.77. The predicted octanol–water partition coefficient (Wildman–Crippen LogP) is 2.74. The van der Waals surface area contributed by atoms with Crippen LogP contribution in [0.5, 0.6) is 5.88 Å². The molecular weight excluding hydrogens is 390 g/mol. The highest BCUT2D eigenvalue weighted by Crippen LogP contribution is 2.36. The number of methoxy groups -OCH3 is 1. The van der Waals surface area contributed by atoms with Crippen molar-refractivity contribution >= 4 is 27.5 Å². The topological polar surface area (TPSA) is 91.0 Å². The summed E-state index contributed by atoms with van der Waals surface area (Å²) < 4.78 is 33.5. The normalized spacial score (nSPS) is 11.3. The van der Waals surface area contributed by atoms with Gasteiger partial charge in [0, 0.05) is 43.3 Å². The largest absolute Gasteiger partial charge is 0.480 e. The van der Waals surface area contributed by atoms with E-state index in [9.17, 15) is 8.42 Å². The second kappa shape index (κ2) is 7.59. The molecule has 3 heterocycles. The third kappa shape index (κ3) is 3.68. The summed E-state index contributed by atoms with van der Waals surface area (Å²) in [5, 5.41) is 5.59. The van der Waals surface area contributed by atoms with E-state index in [0.29, 0.717) is 18.1 Å². The molecule has 1 aromatic carbocycles. The van der Waals surface area contributed by atoms with Gasteiger partial charge in [-0.1, -0.05) is 12.1 Å². The molecule has 0 bridgehead atoms. The number of hydrogen-bond donors (Lipinski definition) is 2. The minimum Gasteiger partial charge on any atom is -0.480 e. The van der Waals surface area contributed by atoms with E-state index in [4.69, 9.17) is 4.74 Å². The van der Waals surface area contributed by atoms with Crippen LogP contribution in [-0.2, 0) is 24.5 Å². The van der Waals surface area contributed by atoms with Crippen molar-refractivity contribution in [3.05, 3.63) is 60.0 Å². The molecule has 0 aliphatic rings. The summed E-state index contributed by atoms with van der Waals surface area (Å²) in [5.74, 6) is 0.523. The Balaban J connectivity index is 1.82. The van der Waals surface area contributed by atoms with E-state index in [1.165, 1.54) is 0 Å². The lowest BCUT2D eigenvalue weighted by atomic mass is 10.1. The summed E-state index contributed by atoms with van der Waals surface area (Å²) in [6.07, 6.45) is 5.80. The average molecular weight is 411 g/mol. The van der Waals surface area contributed by atoms with Gasteiger partial charge < -0.3 is 9.30 Å². The van der Waals surface area contributed by atoms with Crippen LogP contribution in [0.4, 0.5) is 5.69 Å². The second-order valence-corrected chi connectivity index (χ2v) is 7.52. The van der Waals surface area contributed by atoms with Crippen molar-refractivity contribution < 1.29 is 13.2 Å². The lowest BCUT2D eigenvalue weighted by Gasteiger charge is -2.12. The SMILES string of the molecule is COc1ncc2c(C)cn(Cc3ccc(N[SH](=O)=O)cc3)c2c1-c1ccn(C)n1. The summed E-state index contributed by atoms with van der Waals surface area (Å²) >= 11 is 0. The molecule has 8 nitrogen and oxygen atoms in total. The molecule has 0 aliphatic heterocycles. The molecule has 9 heteroatoms. The Morgan fingerprint density at radius 2 is 1.93 bits per heavy atom. The number of ether oxygens (including phenoxy) is 1. The molecule has 4 aromatic rings. The first-order valence-corrected chi connectivity index (χ1v) is 10.2. The fraction of sp³-hybridized carbons (Fsp3) is 0.200. The Hall–Kier alpha value is -3.33. The number of nitrogens with one attached hydrogen (secondary N) is 1. The van der Waals surface area contributed by atoms with E-state index in [0.717, 1.165) is 33.3 Å². The lowest BCUT2D eigenvalue weighted by Crippen LogP contribution is -2.02. The van der Waals surface area contributed by atoms with Crippen LogP contribution in [-0.4, -0.2) is 34.9 Å².